The van der Waals surface area contributed by atoms with Gasteiger partial charge in [0.2, 0.25) is 0 Å². The molecule has 0 spiro atoms. The van der Waals surface area contributed by atoms with E-state index in [1.54, 1.807) is 0 Å². The average molecular weight is 241 g/mol. The number of hydrogen-bond donors (Lipinski definition) is 0. The molecule has 0 bridgehead atoms. The zero-order valence-electron chi connectivity index (χ0n) is 6.14. The van der Waals surface area contributed by atoms with E-state index >= 15 is 0 Å². The van der Waals surface area contributed by atoms with Crippen molar-refractivity contribution < 1.29 is 41.6 Å². The molecule has 0 heterocycles. The van der Waals surface area contributed by atoms with Gasteiger partial charge in [0.25, 0.3) is 0 Å². The van der Waals surface area contributed by atoms with Gasteiger partial charge in [-0.15, -0.1) is 0 Å². The maximum atomic E-state index is 10.4. The first kappa shape index (κ1) is 12.5. The van der Waals surface area contributed by atoms with Crippen LogP contribution in [0.2, 0.25) is 0 Å². The van der Waals surface area contributed by atoms with E-state index in [1.807, 2.05) is 0 Å². The van der Waals surface area contributed by atoms with Crippen molar-refractivity contribution in [3.05, 3.63) is 12.2 Å². The first-order chi connectivity index (χ1) is 4.04. The number of carbonyl (C=O) groups is 2. The smallest absolute Gasteiger partial charge is 0.340 e. The summed E-state index contributed by atoms with van der Waals surface area (Å²) in [6.45, 7) is 5.93. The second-order valence-corrected chi connectivity index (χ2v) is 1.66. The summed E-state index contributed by atoms with van der Waals surface area (Å²) < 4.78 is 4.13. The quantitative estimate of drug-likeness (QED) is 0.293. The molecular weight excluding hydrogens is 232 g/mol. The van der Waals surface area contributed by atoms with Gasteiger partial charge in [-0.05, 0) is 6.92 Å². The third-order valence-electron chi connectivity index (χ3n) is 0.585. The molecule has 0 aliphatic carbocycles. The van der Waals surface area contributed by atoms with Crippen molar-refractivity contribution in [3.63, 3.8) is 0 Å². The summed E-state index contributed by atoms with van der Waals surface area (Å²) in [6.07, 6.45) is 0. The molecule has 0 rings (SSSR count). The fourth-order valence-electron chi connectivity index (χ4n) is 0.218. The van der Waals surface area contributed by atoms with E-state index in [0.717, 1.165) is 0 Å². The van der Waals surface area contributed by atoms with Crippen LogP contribution in [0, 0.1) is 0 Å². The molecule has 4 heteroatoms. The predicted octanol–water partition coefficient (Wildman–Crippen LogP) is 0.650. The Morgan fingerprint density at radius 2 is 1.70 bits per heavy atom. The topological polar surface area (TPSA) is 43.4 Å². The number of carbonyl (C=O) groups excluding carboxylic acids is 2. The van der Waals surface area contributed by atoms with E-state index in [0.29, 0.717) is 0 Å². The molecular formula is C6H8CdO3. The van der Waals surface area contributed by atoms with Gasteiger partial charge >= 0.3 is 11.9 Å². The number of rotatable bonds is 1. The van der Waals surface area contributed by atoms with Crippen molar-refractivity contribution in [1.82, 2.24) is 0 Å². The zero-order chi connectivity index (χ0) is 7.44. The Morgan fingerprint density at radius 1 is 1.30 bits per heavy atom. The fraction of sp³-hybridized carbons (Fsp3) is 0.333. The first-order valence-electron chi connectivity index (χ1n) is 2.42. The minimum absolute atomic E-state index is 0. The SMILES string of the molecule is C=C(C)C(=O)OC(C)=O.[Cd]. The van der Waals surface area contributed by atoms with Gasteiger partial charge in [0.05, 0.1) is 0 Å². The normalized spacial score (nSPS) is 7.40. The summed E-state index contributed by atoms with van der Waals surface area (Å²) in [4.78, 5) is 20.5. The van der Waals surface area contributed by atoms with Gasteiger partial charge in [0.1, 0.15) is 0 Å². The average Bonchev–Trinajstić information content (AvgIpc) is 1.63. The minimum Gasteiger partial charge on any atom is -0.390 e. The fourth-order valence-corrected chi connectivity index (χ4v) is 0.218. The van der Waals surface area contributed by atoms with E-state index in [2.05, 4.69) is 11.3 Å². The molecule has 0 saturated carbocycles. The van der Waals surface area contributed by atoms with E-state index in [-0.39, 0.29) is 32.9 Å². The molecule has 0 fully saturated rings. The molecule has 0 aromatic heterocycles. The monoisotopic (exact) mass is 242 g/mol. The van der Waals surface area contributed by atoms with Crippen LogP contribution in [0.1, 0.15) is 13.8 Å². The van der Waals surface area contributed by atoms with Gasteiger partial charge in [0.15, 0.2) is 0 Å². The van der Waals surface area contributed by atoms with Crippen LogP contribution in [-0.4, -0.2) is 11.9 Å². The van der Waals surface area contributed by atoms with Gasteiger partial charge in [-0.2, -0.15) is 0 Å². The third-order valence-corrected chi connectivity index (χ3v) is 0.585. The van der Waals surface area contributed by atoms with E-state index < -0.39 is 11.9 Å². The molecule has 0 radical (unpaired) electrons. The largest absolute Gasteiger partial charge is 0.390 e. The Labute approximate surface area is 79.6 Å². The van der Waals surface area contributed by atoms with Crippen LogP contribution >= 0.6 is 0 Å². The number of ether oxygens (including phenoxy) is 1. The molecule has 0 N–H and O–H groups in total. The molecule has 0 aliphatic heterocycles. The summed E-state index contributed by atoms with van der Waals surface area (Å²) in [5.41, 5.74) is 0.227. The van der Waals surface area contributed by atoms with Crippen LogP contribution in [0.5, 0.6) is 0 Å². The van der Waals surface area contributed by atoms with Gasteiger partial charge in [-0.1, -0.05) is 6.58 Å². The maximum absolute atomic E-state index is 10.4. The molecule has 0 saturated heterocycles. The van der Waals surface area contributed by atoms with Crippen molar-refractivity contribution in [2.24, 2.45) is 0 Å². The van der Waals surface area contributed by atoms with Crippen LogP contribution in [0.3, 0.4) is 0 Å². The van der Waals surface area contributed by atoms with Gasteiger partial charge in [0, 0.05) is 39.8 Å². The maximum Gasteiger partial charge on any atom is 0.340 e. The summed E-state index contributed by atoms with van der Waals surface area (Å²) >= 11 is 0. The second-order valence-electron chi connectivity index (χ2n) is 1.66. The van der Waals surface area contributed by atoms with Crippen LogP contribution in [0.25, 0.3) is 0 Å². The summed E-state index contributed by atoms with van der Waals surface area (Å²) in [5.74, 6) is -1.27. The Bertz CT molecular complexity index is 162. The van der Waals surface area contributed by atoms with Crippen LogP contribution in [0.4, 0.5) is 0 Å². The molecule has 52 valence electrons. The molecule has 3 nitrogen and oxygen atoms in total. The molecule has 0 atom stereocenters. The van der Waals surface area contributed by atoms with Crippen molar-refractivity contribution in [2.45, 2.75) is 13.8 Å². The Kier molecular flexibility index (Phi) is 6.96. The minimum atomic E-state index is -0.664. The zero-order valence-corrected chi connectivity index (χ0v) is 10.2. The van der Waals surface area contributed by atoms with Crippen molar-refractivity contribution in [3.8, 4) is 0 Å². The van der Waals surface area contributed by atoms with Crippen molar-refractivity contribution in [2.75, 3.05) is 0 Å². The predicted molar refractivity (Wildman–Crippen MR) is 31.6 cm³/mol. The van der Waals surface area contributed by atoms with Crippen molar-refractivity contribution in [1.29, 1.82) is 0 Å². The number of esters is 2. The molecule has 0 unspecified atom stereocenters. The Morgan fingerprint density at radius 3 is 1.80 bits per heavy atom. The molecule has 0 amide bonds. The Balaban J connectivity index is 0. The van der Waals surface area contributed by atoms with Crippen LogP contribution in [0.15, 0.2) is 12.2 Å². The summed E-state index contributed by atoms with van der Waals surface area (Å²) in [5, 5.41) is 0. The van der Waals surface area contributed by atoms with Gasteiger partial charge in [-0.25, -0.2) is 4.79 Å². The molecule has 0 aliphatic rings. The van der Waals surface area contributed by atoms with E-state index in [9.17, 15) is 9.59 Å². The van der Waals surface area contributed by atoms with Gasteiger partial charge in [-0.3, -0.25) is 4.79 Å². The van der Waals surface area contributed by atoms with Gasteiger partial charge < -0.3 is 4.74 Å². The summed E-state index contributed by atoms with van der Waals surface area (Å²) in [6, 6.07) is 0. The first-order valence-corrected chi connectivity index (χ1v) is 2.42. The summed E-state index contributed by atoms with van der Waals surface area (Å²) in [7, 11) is 0. The van der Waals surface area contributed by atoms with E-state index in [4.69, 9.17) is 0 Å². The molecule has 0 aromatic carbocycles. The molecule has 10 heavy (non-hydrogen) atoms. The van der Waals surface area contributed by atoms with Crippen molar-refractivity contribution >= 4 is 11.9 Å². The van der Waals surface area contributed by atoms with E-state index in [1.165, 1.54) is 13.8 Å². The standard InChI is InChI=1S/C6H8O3.Cd/c1-4(2)6(8)9-5(3)7;/h1H2,2-3H3;. The second kappa shape index (κ2) is 5.58. The Hall–Kier alpha value is -0.198. The molecule has 0 aromatic rings. The number of hydrogen-bond acceptors (Lipinski definition) is 3. The van der Waals surface area contributed by atoms with Crippen LogP contribution in [-0.2, 0) is 41.6 Å². The third kappa shape index (κ3) is 5.93. The van der Waals surface area contributed by atoms with Crippen LogP contribution < -0.4 is 0 Å².